The minimum absolute atomic E-state index is 0.142. The number of nitrogen functional groups attached to an aromatic ring is 1. The van der Waals surface area contributed by atoms with Crippen LogP contribution in [0.25, 0.3) is 10.8 Å². The molecular weight excluding hydrogens is 242 g/mol. The molecule has 19 heavy (non-hydrogen) atoms. The molecule has 2 heterocycles. The molecule has 0 atom stereocenters. The van der Waals surface area contributed by atoms with Crippen LogP contribution in [0.5, 0.6) is 0 Å². The molecule has 3 rings (SSSR count). The fourth-order valence-electron chi connectivity index (χ4n) is 1.84. The summed E-state index contributed by atoms with van der Waals surface area (Å²) in [6.45, 7) is 0.275. The van der Waals surface area contributed by atoms with Crippen LogP contribution in [0.3, 0.4) is 0 Å². The zero-order valence-electron chi connectivity index (χ0n) is 10.0. The lowest BCUT2D eigenvalue weighted by atomic mass is 10.2. The third kappa shape index (κ3) is 2.15. The van der Waals surface area contributed by atoms with E-state index in [1.54, 1.807) is 18.5 Å². The van der Waals surface area contributed by atoms with Crippen molar-refractivity contribution in [1.82, 2.24) is 19.7 Å². The van der Waals surface area contributed by atoms with Crippen LogP contribution in [-0.2, 0) is 6.54 Å². The molecule has 3 aromatic rings. The largest absolute Gasteiger partial charge is 0.382 e. The molecule has 0 aliphatic rings. The molecule has 94 valence electrons. The lowest BCUT2D eigenvalue weighted by Crippen LogP contribution is -2.23. The number of fused-ring (bicyclic) bond motifs is 1. The van der Waals surface area contributed by atoms with E-state index in [9.17, 15) is 4.79 Å². The monoisotopic (exact) mass is 253 g/mol. The second kappa shape index (κ2) is 4.49. The summed E-state index contributed by atoms with van der Waals surface area (Å²) in [7, 11) is 0. The van der Waals surface area contributed by atoms with E-state index in [0.29, 0.717) is 16.9 Å². The van der Waals surface area contributed by atoms with Gasteiger partial charge in [0.05, 0.1) is 36.2 Å². The van der Waals surface area contributed by atoms with Crippen molar-refractivity contribution in [1.29, 1.82) is 0 Å². The van der Waals surface area contributed by atoms with E-state index >= 15 is 0 Å². The van der Waals surface area contributed by atoms with Gasteiger partial charge in [0, 0.05) is 5.39 Å². The normalized spacial score (nSPS) is 10.7. The van der Waals surface area contributed by atoms with Crippen molar-refractivity contribution < 1.29 is 0 Å². The quantitative estimate of drug-likeness (QED) is 0.730. The third-order valence-corrected chi connectivity index (χ3v) is 2.80. The molecule has 2 aromatic heterocycles. The van der Waals surface area contributed by atoms with Gasteiger partial charge in [-0.3, -0.25) is 9.78 Å². The van der Waals surface area contributed by atoms with Crippen molar-refractivity contribution >= 4 is 16.6 Å². The van der Waals surface area contributed by atoms with Gasteiger partial charge in [-0.2, -0.15) is 5.10 Å². The van der Waals surface area contributed by atoms with Crippen molar-refractivity contribution in [3.8, 4) is 0 Å². The number of rotatable bonds is 2. The van der Waals surface area contributed by atoms with Gasteiger partial charge in [0.15, 0.2) is 0 Å². The van der Waals surface area contributed by atoms with Gasteiger partial charge in [-0.25, -0.2) is 9.67 Å². The Morgan fingerprint density at radius 1 is 1.11 bits per heavy atom. The molecule has 0 aliphatic carbocycles. The first-order valence-corrected chi connectivity index (χ1v) is 5.75. The lowest BCUT2D eigenvalue weighted by molar-refractivity contribution is 0.634. The van der Waals surface area contributed by atoms with E-state index in [1.807, 2.05) is 18.2 Å². The first kappa shape index (κ1) is 11.3. The van der Waals surface area contributed by atoms with Crippen LogP contribution in [0.1, 0.15) is 5.69 Å². The predicted octanol–water partition coefficient (Wildman–Crippen LogP) is 0.817. The molecule has 0 spiro atoms. The minimum atomic E-state index is -0.142. The summed E-state index contributed by atoms with van der Waals surface area (Å²) in [6, 6.07) is 7.35. The average Bonchev–Trinajstić information content (AvgIpc) is 2.45. The standard InChI is InChI=1S/C13H11N5O/c14-12-7-15-10(6-16-12)8-18-13(19)11-4-2-1-3-9(11)5-17-18/h1-7H,8H2,(H2,14,16). The molecule has 0 aliphatic heterocycles. The number of aromatic nitrogens is 4. The van der Waals surface area contributed by atoms with Crippen LogP contribution in [0, 0.1) is 0 Å². The maximum Gasteiger partial charge on any atom is 0.274 e. The average molecular weight is 253 g/mol. The number of hydrogen-bond acceptors (Lipinski definition) is 5. The molecule has 1 aromatic carbocycles. The van der Waals surface area contributed by atoms with Crippen LogP contribution < -0.4 is 11.3 Å². The Morgan fingerprint density at radius 2 is 1.95 bits per heavy atom. The number of nitrogens with zero attached hydrogens (tertiary/aromatic N) is 4. The summed E-state index contributed by atoms with van der Waals surface area (Å²) >= 11 is 0. The van der Waals surface area contributed by atoms with E-state index in [4.69, 9.17) is 5.73 Å². The molecule has 2 N–H and O–H groups in total. The predicted molar refractivity (Wildman–Crippen MR) is 71.5 cm³/mol. The topological polar surface area (TPSA) is 86.7 Å². The Balaban J connectivity index is 2.04. The minimum Gasteiger partial charge on any atom is -0.382 e. The molecule has 0 unspecified atom stereocenters. The molecule has 0 saturated carbocycles. The van der Waals surface area contributed by atoms with E-state index < -0.39 is 0 Å². The van der Waals surface area contributed by atoms with Crippen molar-refractivity contribution in [2.75, 3.05) is 5.73 Å². The molecule has 6 heteroatoms. The van der Waals surface area contributed by atoms with E-state index in [2.05, 4.69) is 15.1 Å². The van der Waals surface area contributed by atoms with Crippen LogP contribution in [0.4, 0.5) is 5.82 Å². The van der Waals surface area contributed by atoms with Gasteiger partial charge in [0.1, 0.15) is 5.82 Å². The second-order valence-corrected chi connectivity index (χ2v) is 4.13. The maximum atomic E-state index is 12.2. The zero-order valence-corrected chi connectivity index (χ0v) is 10.0. The van der Waals surface area contributed by atoms with Crippen LogP contribution in [0.15, 0.2) is 47.7 Å². The summed E-state index contributed by atoms with van der Waals surface area (Å²) in [5, 5.41) is 5.60. The maximum absolute atomic E-state index is 12.2. The van der Waals surface area contributed by atoms with Crippen molar-refractivity contribution in [3.05, 3.63) is 58.9 Å². The zero-order chi connectivity index (χ0) is 13.2. The summed E-state index contributed by atoms with van der Waals surface area (Å²) in [6.07, 6.45) is 4.67. The van der Waals surface area contributed by atoms with Crippen molar-refractivity contribution in [2.45, 2.75) is 6.54 Å². The summed E-state index contributed by atoms with van der Waals surface area (Å²) in [5.41, 5.74) is 5.96. The van der Waals surface area contributed by atoms with Crippen LogP contribution in [-0.4, -0.2) is 19.7 Å². The van der Waals surface area contributed by atoms with E-state index in [1.165, 1.54) is 10.9 Å². The Labute approximate surface area is 108 Å². The first-order chi connectivity index (χ1) is 9.24. The fourth-order valence-corrected chi connectivity index (χ4v) is 1.84. The van der Waals surface area contributed by atoms with Gasteiger partial charge < -0.3 is 5.73 Å². The lowest BCUT2D eigenvalue weighted by Gasteiger charge is -2.05. The third-order valence-electron chi connectivity index (χ3n) is 2.80. The number of benzene rings is 1. The molecule has 0 bridgehead atoms. The first-order valence-electron chi connectivity index (χ1n) is 5.75. The summed E-state index contributed by atoms with van der Waals surface area (Å²) in [5.74, 6) is 0.350. The Bertz CT molecular complexity index is 779. The van der Waals surface area contributed by atoms with Crippen LogP contribution in [0.2, 0.25) is 0 Å². The highest BCUT2D eigenvalue weighted by molar-refractivity contribution is 5.80. The highest BCUT2D eigenvalue weighted by Crippen LogP contribution is 2.07. The molecule has 6 nitrogen and oxygen atoms in total. The molecule has 0 amide bonds. The molecular formula is C13H11N5O. The smallest absolute Gasteiger partial charge is 0.274 e. The highest BCUT2D eigenvalue weighted by atomic mass is 16.1. The summed E-state index contributed by atoms with van der Waals surface area (Å²) in [4.78, 5) is 20.3. The fraction of sp³-hybridized carbons (Fsp3) is 0.0769. The number of nitrogens with two attached hydrogens (primary N) is 1. The van der Waals surface area contributed by atoms with E-state index in [-0.39, 0.29) is 12.1 Å². The molecule has 0 radical (unpaired) electrons. The highest BCUT2D eigenvalue weighted by Gasteiger charge is 2.05. The second-order valence-electron chi connectivity index (χ2n) is 4.13. The van der Waals surface area contributed by atoms with Gasteiger partial charge in [-0.1, -0.05) is 18.2 Å². The molecule has 0 saturated heterocycles. The number of anilines is 1. The van der Waals surface area contributed by atoms with Gasteiger partial charge >= 0.3 is 0 Å². The van der Waals surface area contributed by atoms with Crippen molar-refractivity contribution in [2.24, 2.45) is 0 Å². The Kier molecular flexibility index (Phi) is 2.68. The van der Waals surface area contributed by atoms with Gasteiger partial charge in [-0.15, -0.1) is 0 Å². The number of hydrogen-bond donors (Lipinski definition) is 1. The van der Waals surface area contributed by atoms with E-state index in [0.717, 1.165) is 5.39 Å². The summed E-state index contributed by atoms with van der Waals surface area (Å²) < 4.78 is 1.36. The van der Waals surface area contributed by atoms with Gasteiger partial charge in [-0.05, 0) is 6.07 Å². The van der Waals surface area contributed by atoms with Crippen molar-refractivity contribution in [3.63, 3.8) is 0 Å². The van der Waals surface area contributed by atoms with Crippen LogP contribution >= 0.6 is 0 Å². The molecule has 0 fully saturated rings. The Morgan fingerprint density at radius 3 is 2.74 bits per heavy atom. The Hall–Kier alpha value is -2.76. The SMILES string of the molecule is Nc1cnc(Cn2ncc3ccccc3c2=O)cn1. The van der Waals surface area contributed by atoms with Gasteiger partial charge in [0.2, 0.25) is 0 Å². The van der Waals surface area contributed by atoms with Gasteiger partial charge in [0.25, 0.3) is 5.56 Å².